The third-order valence-electron chi connectivity index (χ3n) is 2.68. The number of halogens is 2. The van der Waals surface area contributed by atoms with Crippen molar-refractivity contribution < 1.29 is 9.53 Å². The molecule has 0 radical (unpaired) electrons. The van der Waals surface area contributed by atoms with Crippen molar-refractivity contribution in [2.75, 3.05) is 23.9 Å². The van der Waals surface area contributed by atoms with E-state index in [0.717, 1.165) is 33.5 Å². The fraction of sp³-hybridized carbons (Fsp3) is 0.364. The van der Waals surface area contributed by atoms with E-state index in [1.165, 1.54) is 0 Å². The largest absolute Gasteiger partial charge is 0.495 e. The molecule has 0 unspecified atom stereocenters. The highest BCUT2D eigenvalue weighted by molar-refractivity contribution is 14.1. The summed E-state index contributed by atoms with van der Waals surface area (Å²) in [5.74, 6) is 1.00. The van der Waals surface area contributed by atoms with Crippen LogP contribution in [-0.4, -0.2) is 24.9 Å². The van der Waals surface area contributed by atoms with Crippen LogP contribution in [0.15, 0.2) is 12.1 Å². The molecule has 1 aromatic carbocycles. The van der Waals surface area contributed by atoms with Crippen LogP contribution in [0.1, 0.15) is 5.56 Å². The van der Waals surface area contributed by atoms with Crippen molar-refractivity contribution in [3.8, 4) is 5.75 Å². The number of carbonyl (C=O) groups is 1. The van der Waals surface area contributed by atoms with Crippen molar-refractivity contribution in [3.63, 3.8) is 0 Å². The zero-order valence-electron chi connectivity index (χ0n) is 8.80. The molecule has 16 heavy (non-hydrogen) atoms. The summed E-state index contributed by atoms with van der Waals surface area (Å²) in [5, 5.41) is 0.362. The predicted molar refractivity (Wildman–Crippen MR) is 75.6 cm³/mol. The average molecular weight is 396 g/mol. The molecule has 0 bridgehead atoms. The van der Waals surface area contributed by atoms with Gasteiger partial charge in [0.1, 0.15) is 5.75 Å². The number of ether oxygens (including phenoxy) is 1. The number of carbonyl (C=O) groups excluding carboxylic acids is 1. The van der Waals surface area contributed by atoms with Crippen molar-refractivity contribution in [1.29, 1.82) is 0 Å². The summed E-state index contributed by atoms with van der Waals surface area (Å²) in [7, 11) is 1.67. The Bertz CT molecular complexity index is 436. The van der Waals surface area contributed by atoms with E-state index in [2.05, 4.69) is 38.5 Å². The molecule has 1 aliphatic heterocycles. The number of nitrogens with zero attached hydrogens (tertiary/aromatic N) is 1. The Kier molecular flexibility index (Phi) is 3.73. The van der Waals surface area contributed by atoms with Gasteiger partial charge in [-0.2, -0.15) is 0 Å². The van der Waals surface area contributed by atoms with Crippen LogP contribution >= 0.6 is 38.5 Å². The van der Waals surface area contributed by atoms with E-state index >= 15 is 0 Å². The van der Waals surface area contributed by atoms with Crippen molar-refractivity contribution in [2.24, 2.45) is 0 Å². The van der Waals surface area contributed by atoms with Crippen molar-refractivity contribution in [1.82, 2.24) is 0 Å². The van der Waals surface area contributed by atoms with E-state index < -0.39 is 0 Å². The predicted octanol–water partition coefficient (Wildman–Crippen LogP) is 2.58. The molecule has 3 nitrogen and oxygen atoms in total. The molecule has 0 N–H and O–H groups in total. The van der Waals surface area contributed by atoms with Gasteiger partial charge in [0.05, 0.1) is 21.7 Å². The molecule has 0 fully saturated rings. The third kappa shape index (κ3) is 1.95. The fourth-order valence-corrected chi connectivity index (χ4v) is 3.01. The number of alkyl halides is 1. The summed E-state index contributed by atoms with van der Waals surface area (Å²) < 4.78 is 6.48. The van der Waals surface area contributed by atoms with Crippen LogP contribution in [-0.2, 0) is 11.2 Å². The van der Waals surface area contributed by atoms with E-state index in [-0.39, 0.29) is 5.91 Å². The molecule has 1 amide bonds. The molecule has 0 aliphatic carbocycles. The Labute approximate surface area is 116 Å². The maximum absolute atomic E-state index is 11.7. The summed E-state index contributed by atoms with van der Waals surface area (Å²) in [4.78, 5) is 13.5. The van der Waals surface area contributed by atoms with Gasteiger partial charge in [0, 0.05) is 12.1 Å². The van der Waals surface area contributed by atoms with Crippen molar-refractivity contribution in [2.45, 2.75) is 6.42 Å². The molecule has 0 atom stereocenters. The highest BCUT2D eigenvalue weighted by Gasteiger charge is 2.27. The maximum Gasteiger partial charge on any atom is 0.237 e. The van der Waals surface area contributed by atoms with Gasteiger partial charge in [-0.15, -0.1) is 0 Å². The fourth-order valence-electron chi connectivity index (χ4n) is 1.98. The van der Waals surface area contributed by atoms with Crippen LogP contribution in [0, 0.1) is 3.57 Å². The lowest BCUT2D eigenvalue weighted by Crippen LogP contribution is -2.29. The third-order valence-corrected chi connectivity index (χ3v) is 4.01. The molecule has 0 aromatic heterocycles. The first-order valence-electron chi connectivity index (χ1n) is 4.90. The molecule has 0 saturated heterocycles. The van der Waals surface area contributed by atoms with Gasteiger partial charge in [0.25, 0.3) is 0 Å². The second kappa shape index (κ2) is 4.91. The highest BCUT2D eigenvalue weighted by atomic mass is 127. The maximum atomic E-state index is 11.7. The summed E-state index contributed by atoms with van der Waals surface area (Å²) in [6.45, 7) is 0.746. The first kappa shape index (κ1) is 12.2. The standard InChI is InChI=1S/C11H11BrINO2/c1-16-11-7-4-5-14(10(15)6-12)9(7)3-2-8(11)13/h2-3H,4-6H2,1H3. The summed E-state index contributed by atoms with van der Waals surface area (Å²) >= 11 is 5.45. The van der Waals surface area contributed by atoms with E-state index in [0.29, 0.717) is 5.33 Å². The zero-order chi connectivity index (χ0) is 11.7. The minimum Gasteiger partial charge on any atom is -0.495 e. The normalized spacial score (nSPS) is 13.8. The van der Waals surface area contributed by atoms with Gasteiger partial charge in [-0.05, 0) is 41.1 Å². The van der Waals surface area contributed by atoms with Crippen LogP contribution in [0.4, 0.5) is 5.69 Å². The van der Waals surface area contributed by atoms with Crippen LogP contribution in [0.5, 0.6) is 5.75 Å². The number of amides is 1. The Hall–Kier alpha value is -0.300. The highest BCUT2D eigenvalue weighted by Crippen LogP contribution is 2.38. The molecular formula is C11H11BrINO2. The monoisotopic (exact) mass is 395 g/mol. The second-order valence-corrected chi connectivity index (χ2v) is 5.23. The van der Waals surface area contributed by atoms with Crippen molar-refractivity contribution >= 4 is 50.1 Å². The Morgan fingerprint density at radius 1 is 1.62 bits per heavy atom. The van der Waals surface area contributed by atoms with Crippen LogP contribution in [0.25, 0.3) is 0 Å². The molecular weight excluding hydrogens is 385 g/mol. The smallest absolute Gasteiger partial charge is 0.237 e. The SMILES string of the molecule is COc1c(I)ccc2c1CCN2C(=O)CBr. The van der Waals surface area contributed by atoms with Crippen LogP contribution < -0.4 is 9.64 Å². The molecule has 2 rings (SSSR count). The summed E-state index contributed by atoms with van der Waals surface area (Å²) in [5.41, 5.74) is 2.13. The number of anilines is 1. The molecule has 0 saturated carbocycles. The number of hydrogen-bond acceptors (Lipinski definition) is 2. The Morgan fingerprint density at radius 2 is 2.38 bits per heavy atom. The van der Waals surface area contributed by atoms with Crippen LogP contribution in [0.3, 0.4) is 0 Å². The topological polar surface area (TPSA) is 29.5 Å². The molecule has 0 spiro atoms. The quantitative estimate of drug-likeness (QED) is 0.569. The molecule has 1 aliphatic rings. The number of fused-ring (bicyclic) bond motifs is 1. The first-order chi connectivity index (χ1) is 7.69. The lowest BCUT2D eigenvalue weighted by molar-refractivity contribution is -0.116. The molecule has 86 valence electrons. The van der Waals surface area contributed by atoms with Crippen LogP contribution in [0.2, 0.25) is 0 Å². The molecule has 1 aromatic rings. The minimum atomic E-state index is 0.0991. The van der Waals surface area contributed by atoms with Gasteiger partial charge in [0.15, 0.2) is 0 Å². The van der Waals surface area contributed by atoms with E-state index in [1.54, 1.807) is 7.11 Å². The second-order valence-electron chi connectivity index (χ2n) is 3.51. The average Bonchev–Trinajstić information content (AvgIpc) is 2.71. The van der Waals surface area contributed by atoms with E-state index in [9.17, 15) is 4.79 Å². The van der Waals surface area contributed by atoms with E-state index in [1.807, 2.05) is 17.0 Å². The number of methoxy groups -OCH3 is 1. The zero-order valence-corrected chi connectivity index (χ0v) is 12.5. The lowest BCUT2D eigenvalue weighted by atomic mass is 10.1. The Balaban J connectivity index is 2.45. The number of benzene rings is 1. The van der Waals surface area contributed by atoms with Gasteiger partial charge in [-0.1, -0.05) is 15.9 Å². The first-order valence-corrected chi connectivity index (χ1v) is 7.10. The minimum absolute atomic E-state index is 0.0991. The van der Waals surface area contributed by atoms with Crippen molar-refractivity contribution in [3.05, 3.63) is 21.3 Å². The molecule has 5 heteroatoms. The summed E-state index contributed by atoms with van der Waals surface area (Å²) in [6, 6.07) is 3.98. The number of rotatable bonds is 2. The van der Waals surface area contributed by atoms with Gasteiger partial charge in [0.2, 0.25) is 5.91 Å². The van der Waals surface area contributed by atoms with Gasteiger partial charge >= 0.3 is 0 Å². The lowest BCUT2D eigenvalue weighted by Gasteiger charge is -2.16. The van der Waals surface area contributed by atoms with Gasteiger partial charge in [-0.3, -0.25) is 4.79 Å². The molecule has 1 heterocycles. The van der Waals surface area contributed by atoms with Gasteiger partial charge < -0.3 is 9.64 Å². The number of hydrogen-bond donors (Lipinski definition) is 0. The Morgan fingerprint density at radius 3 is 3.00 bits per heavy atom. The van der Waals surface area contributed by atoms with E-state index in [4.69, 9.17) is 4.74 Å². The van der Waals surface area contributed by atoms with Gasteiger partial charge in [-0.25, -0.2) is 0 Å². The summed E-state index contributed by atoms with van der Waals surface area (Å²) in [6.07, 6.45) is 0.869.